The summed E-state index contributed by atoms with van der Waals surface area (Å²) in [6.07, 6.45) is -0.980. The lowest BCUT2D eigenvalue weighted by molar-refractivity contribution is 0.0853. The zero-order valence-electron chi connectivity index (χ0n) is 4.91. The summed E-state index contributed by atoms with van der Waals surface area (Å²) in [5.74, 6) is 0. The average Bonchev–Trinajstić information content (AvgIpc) is 1.87. The summed E-state index contributed by atoms with van der Waals surface area (Å²) >= 11 is 0. The van der Waals surface area contributed by atoms with Crippen LogP contribution >= 0.6 is 0 Å². The minimum absolute atomic E-state index is 0.243. The minimum Gasteiger partial charge on any atom is -0.315 e. The Morgan fingerprint density at radius 2 is 1.44 bits per heavy atom. The lowest BCUT2D eigenvalue weighted by Gasteiger charge is -2.13. The molecule has 0 fully saturated rings. The SMILES string of the molecule is NC(CC(N)NO)NO. The summed E-state index contributed by atoms with van der Waals surface area (Å²) in [6, 6.07) is 0. The van der Waals surface area contributed by atoms with Crippen molar-refractivity contribution in [2.45, 2.75) is 18.8 Å². The zero-order valence-corrected chi connectivity index (χ0v) is 4.91. The van der Waals surface area contributed by atoms with E-state index in [0.29, 0.717) is 0 Å². The molecule has 0 rings (SSSR count). The van der Waals surface area contributed by atoms with Gasteiger partial charge in [0.2, 0.25) is 0 Å². The summed E-state index contributed by atoms with van der Waals surface area (Å²) < 4.78 is 0. The first-order valence-electron chi connectivity index (χ1n) is 2.51. The molecule has 0 bridgehead atoms. The molecule has 6 heteroatoms. The lowest BCUT2D eigenvalue weighted by atomic mass is 10.3. The molecule has 9 heavy (non-hydrogen) atoms. The van der Waals surface area contributed by atoms with Crippen LogP contribution in [0.5, 0.6) is 0 Å². The predicted octanol–water partition coefficient (Wildman–Crippen LogP) is -2.10. The van der Waals surface area contributed by atoms with Crippen LogP contribution in [0.3, 0.4) is 0 Å². The Kier molecular flexibility index (Phi) is 4.50. The average molecular weight is 136 g/mol. The molecular formula is C3H12N4O2. The van der Waals surface area contributed by atoms with Crippen LogP contribution in [-0.2, 0) is 0 Å². The number of hydrogen-bond donors (Lipinski definition) is 6. The Morgan fingerprint density at radius 1 is 1.11 bits per heavy atom. The Bertz CT molecular complexity index is 62.8. The molecular weight excluding hydrogens is 124 g/mol. The molecule has 0 heterocycles. The maximum absolute atomic E-state index is 8.14. The van der Waals surface area contributed by atoms with Gasteiger partial charge in [-0.1, -0.05) is 0 Å². The van der Waals surface area contributed by atoms with Gasteiger partial charge in [0.1, 0.15) is 0 Å². The molecule has 8 N–H and O–H groups in total. The van der Waals surface area contributed by atoms with E-state index in [0.717, 1.165) is 0 Å². The van der Waals surface area contributed by atoms with Crippen molar-refractivity contribution in [3.63, 3.8) is 0 Å². The van der Waals surface area contributed by atoms with Crippen molar-refractivity contribution in [1.82, 2.24) is 11.0 Å². The van der Waals surface area contributed by atoms with Gasteiger partial charge in [-0.05, 0) is 0 Å². The van der Waals surface area contributed by atoms with Gasteiger partial charge >= 0.3 is 0 Å². The molecule has 2 unspecified atom stereocenters. The summed E-state index contributed by atoms with van der Waals surface area (Å²) in [7, 11) is 0. The van der Waals surface area contributed by atoms with E-state index in [9.17, 15) is 0 Å². The highest BCUT2D eigenvalue weighted by Crippen LogP contribution is 1.83. The smallest absolute Gasteiger partial charge is 0.0813 e. The van der Waals surface area contributed by atoms with Crippen molar-refractivity contribution in [3.05, 3.63) is 0 Å². The van der Waals surface area contributed by atoms with Crippen LogP contribution in [-0.4, -0.2) is 22.7 Å². The first-order valence-corrected chi connectivity index (χ1v) is 2.51. The van der Waals surface area contributed by atoms with E-state index < -0.39 is 12.3 Å². The molecule has 0 saturated carbocycles. The summed E-state index contributed by atoms with van der Waals surface area (Å²) in [6.45, 7) is 0. The molecule has 0 aliphatic heterocycles. The fraction of sp³-hybridized carbons (Fsp3) is 1.00. The first kappa shape index (κ1) is 8.76. The fourth-order valence-electron chi connectivity index (χ4n) is 0.379. The second kappa shape index (κ2) is 4.62. The summed E-state index contributed by atoms with van der Waals surface area (Å²) in [5, 5.41) is 16.3. The van der Waals surface area contributed by atoms with E-state index in [-0.39, 0.29) is 6.42 Å². The normalized spacial score (nSPS) is 17.3. The van der Waals surface area contributed by atoms with Gasteiger partial charge in [0.25, 0.3) is 0 Å². The van der Waals surface area contributed by atoms with Gasteiger partial charge in [0.15, 0.2) is 0 Å². The van der Waals surface area contributed by atoms with Crippen molar-refractivity contribution in [2.75, 3.05) is 0 Å². The lowest BCUT2D eigenvalue weighted by Crippen LogP contribution is -2.45. The highest BCUT2D eigenvalue weighted by molar-refractivity contribution is 4.59. The van der Waals surface area contributed by atoms with Crippen LogP contribution < -0.4 is 22.4 Å². The maximum Gasteiger partial charge on any atom is 0.0813 e. The van der Waals surface area contributed by atoms with E-state index >= 15 is 0 Å². The maximum atomic E-state index is 8.14. The summed E-state index contributed by atoms with van der Waals surface area (Å²) in [5.41, 5.74) is 13.9. The third-order valence-electron chi connectivity index (χ3n) is 0.840. The number of hydroxylamine groups is 2. The van der Waals surface area contributed by atoms with Crippen molar-refractivity contribution in [1.29, 1.82) is 0 Å². The van der Waals surface area contributed by atoms with E-state index in [1.54, 1.807) is 11.0 Å². The van der Waals surface area contributed by atoms with Crippen LogP contribution in [0, 0.1) is 0 Å². The Balaban J connectivity index is 3.22. The highest BCUT2D eigenvalue weighted by Gasteiger charge is 2.05. The van der Waals surface area contributed by atoms with Gasteiger partial charge in [0.05, 0.1) is 12.3 Å². The monoisotopic (exact) mass is 136 g/mol. The van der Waals surface area contributed by atoms with Gasteiger partial charge in [-0.25, -0.2) is 0 Å². The van der Waals surface area contributed by atoms with Crippen LogP contribution in [0.1, 0.15) is 6.42 Å². The van der Waals surface area contributed by atoms with Gasteiger partial charge < -0.3 is 21.9 Å². The molecule has 0 amide bonds. The van der Waals surface area contributed by atoms with E-state index in [1.807, 2.05) is 0 Å². The molecule has 0 spiro atoms. The zero-order chi connectivity index (χ0) is 7.28. The molecule has 0 aliphatic rings. The number of nitrogens with one attached hydrogen (secondary N) is 2. The minimum atomic E-state index is -0.611. The van der Waals surface area contributed by atoms with Gasteiger partial charge in [0, 0.05) is 6.42 Å². The number of rotatable bonds is 4. The quantitative estimate of drug-likeness (QED) is 0.195. The molecule has 0 aromatic heterocycles. The fourth-order valence-corrected chi connectivity index (χ4v) is 0.379. The molecule has 0 aromatic rings. The molecule has 0 radical (unpaired) electrons. The van der Waals surface area contributed by atoms with E-state index in [4.69, 9.17) is 21.9 Å². The van der Waals surface area contributed by atoms with Crippen molar-refractivity contribution < 1.29 is 10.4 Å². The van der Waals surface area contributed by atoms with Crippen molar-refractivity contribution >= 4 is 0 Å². The van der Waals surface area contributed by atoms with Crippen LogP contribution in [0.15, 0.2) is 0 Å². The Morgan fingerprint density at radius 3 is 1.67 bits per heavy atom. The molecule has 2 atom stereocenters. The molecule has 0 saturated heterocycles. The third kappa shape index (κ3) is 4.28. The van der Waals surface area contributed by atoms with E-state index in [1.165, 1.54) is 0 Å². The Labute approximate surface area is 52.7 Å². The standard InChI is InChI=1S/C3H12N4O2/c4-2(6-8)1-3(5)7-9/h2-3,6-9H,1,4-5H2. The number of hydrogen-bond acceptors (Lipinski definition) is 6. The van der Waals surface area contributed by atoms with Crippen LogP contribution in [0.2, 0.25) is 0 Å². The third-order valence-corrected chi connectivity index (χ3v) is 0.840. The largest absolute Gasteiger partial charge is 0.315 e. The van der Waals surface area contributed by atoms with Gasteiger partial charge in [-0.3, -0.25) is 0 Å². The van der Waals surface area contributed by atoms with E-state index in [2.05, 4.69) is 0 Å². The van der Waals surface area contributed by atoms with Crippen LogP contribution in [0.4, 0.5) is 0 Å². The topological polar surface area (TPSA) is 117 Å². The molecule has 6 nitrogen and oxygen atoms in total. The van der Waals surface area contributed by atoms with Crippen molar-refractivity contribution in [3.8, 4) is 0 Å². The first-order chi connectivity index (χ1) is 4.20. The second-order valence-corrected chi connectivity index (χ2v) is 1.71. The highest BCUT2D eigenvalue weighted by atomic mass is 16.5. The molecule has 56 valence electrons. The van der Waals surface area contributed by atoms with Crippen molar-refractivity contribution in [2.24, 2.45) is 11.5 Å². The molecule has 0 aromatic carbocycles. The molecule has 0 aliphatic carbocycles. The van der Waals surface area contributed by atoms with Crippen LogP contribution in [0.25, 0.3) is 0 Å². The second-order valence-electron chi connectivity index (χ2n) is 1.71. The number of nitrogens with two attached hydrogens (primary N) is 2. The summed E-state index contributed by atoms with van der Waals surface area (Å²) in [4.78, 5) is 0. The van der Waals surface area contributed by atoms with Gasteiger partial charge in [-0.15, -0.1) is 0 Å². The predicted molar refractivity (Wildman–Crippen MR) is 30.4 cm³/mol. The Hall–Kier alpha value is -0.240. The van der Waals surface area contributed by atoms with Gasteiger partial charge in [-0.2, -0.15) is 11.0 Å².